The minimum absolute atomic E-state index is 0.118. The molecule has 0 bridgehead atoms. The molecule has 3 atom stereocenters. The van der Waals surface area contributed by atoms with Crippen LogP contribution in [0.2, 0.25) is 0 Å². The van der Waals surface area contributed by atoms with Crippen LogP contribution in [-0.2, 0) is 9.53 Å². The quantitative estimate of drug-likeness (QED) is 0.617. The molecule has 1 heterocycles. The summed E-state index contributed by atoms with van der Waals surface area (Å²) in [5.41, 5.74) is 6.74. The van der Waals surface area contributed by atoms with E-state index in [1.165, 1.54) is 43.4 Å². The molecule has 3 nitrogen and oxygen atoms in total. The summed E-state index contributed by atoms with van der Waals surface area (Å²) >= 11 is 0. The number of nitrogens with zero attached hydrogens (tertiary/aromatic N) is 1. The molecule has 31 heavy (non-hydrogen) atoms. The molecule has 3 heteroatoms. The number of rotatable bonds is 5. The highest BCUT2D eigenvalue weighted by Crippen LogP contribution is 2.63. The van der Waals surface area contributed by atoms with Crippen LogP contribution in [0.15, 0.2) is 71.5 Å². The van der Waals surface area contributed by atoms with Crippen LogP contribution in [0.25, 0.3) is 5.57 Å². The van der Waals surface area contributed by atoms with Gasteiger partial charge in [0.05, 0.1) is 12.6 Å². The maximum absolute atomic E-state index is 12.9. The predicted molar refractivity (Wildman–Crippen MR) is 125 cm³/mol. The SMILES string of the molecule is C=C1C(C(C)=O)=C(c2ccccc2)C=C2C=C(N3CCC[C@H]3COC)[C@H]3CCCC[C@@]123. The Morgan fingerprint density at radius 2 is 1.97 bits per heavy atom. The summed E-state index contributed by atoms with van der Waals surface area (Å²) < 4.78 is 5.56. The molecule has 1 aromatic carbocycles. The zero-order valence-corrected chi connectivity index (χ0v) is 18.8. The summed E-state index contributed by atoms with van der Waals surface area (Å²) in [7, 11) is 1.81. The van der Waals surface area contributed by atoms with Gasteiger partial charge in [-0.2, -0.15) is 0 Å². The molecule has 1 spiro atoms. The molecule has 0 N–H and O–H groups in total. The van der Waals surface area contributed by atoms with Gasteiger partial charge in [-0.3, -0.25) is 4.79 Å². The van der Waals surface area contributed by atoms with E-state index in [4.69, 9.17) is 4.74 Å². The third-order valence-corrected chi connectivity index (χ3v) is 8.00. The molecule has 5 rings (SSSR count). The van der Waals surface area contributed by atoms with E-state index in [1.54, 1.807) is 14.0 Å². The lowest BCUT2D eigenvalue weighted by Gasteiger charge is -2.47. The normalized spacial score (nSPS) is 30.1. The van der Waals surface area contributed by atoms with E-state index in [9.17, 15) is 4.79 Å². The van der Waals surface area contributed by atoms with Crippen molar-refractivity contribution in [2.75, 3.05) is 20.3 Å². The lowest BCUT2D eigenvalue weighted by Crippen LogP contribution is -2.41. The summed E-state index contributed by atoms with van der Waals surface area (Å²) in [6.45, 7) is 8.22. The molecule has 3 aliphatic carbocycles. The van der Waals surface area contributed by atoms with Gasteiger partial charge in [-0.1, -0.05) is 49.8 Å². The Hall–Kier alpha value is -2.39. The highest BCUT2D eigenvalue weighted by molar-refractivity contribution is 6.09. The number of methoxy groups -OCH3 is 1. The average Bonchev–Trinajstić information content (AvgIpc) is 3.37. The molecular formula is C28H33NO2. The Bertz CT molecular complexity index is 999. The van der Waals surface area contributed by atoms with Gasteiger partial charge in [0.15, 0.2) is 5.78 Å². The fourth-order valence-electron chi connectivity index (χ4n) is 6.70. The highest BCUT2D eigenvalue weighted by atomic mass is 16.5. The van der Waals surface area contributed by atoms with Crippen molar-refractivity contribution in [1.82, 2.24) is 4.90 Å². The van der Waals surface area contributed by atoms with Crippen LogP contribution < -0.4 is 0 Å². The van der Waals surface area contributed by atoms with Gasteiger partial charge in [-0.15, -0.1) is 0 Å². The Labute approximate surface area is 186 Å². The van der Waals surface area contributed by atoms with E-state index < -0.39 is 0 Å². The molecule has 2 fully saturated rings. The summed E-state index contributed by atoms with van der Waals surface area (Å²) in [6, 6.07) is 10.8. The molecular weight excluding hydrogens is 382 g/mol. The summed E-state index contributed by atoms with van der Waals surface area (Å²) in [5.74, 6) is 0.550. The molecule has 0 unspecified atom stereocenters. The molecule has 4 aliphatic rings. The van der Waals surface area contributed by atoms with Crippen molar-refractivity contribution in [2.24, 2.45) is 11.3 Å². The van der Waals surface area contributed by atoms with Crippen LogP contribution in [0.5, 0.6) is 0 Å². The van der Waals surface area contributed by atoms with Crippen LogP contribution >= 0.6 is 0 Å². The standard InChI is InChI=1S/C28H33NO2/c1-19-27(20(2)30)24(21-10-5-4-6-11-21)16-22-17-26(25-13-7-8-14-28(19,22)25)29-15-9-12-23(29)18-31-3/h4-6,10-11,16-17,23,25H,1,7-9,12-15,18H2,2-3H3/t23-,25+,28+/m0/s1. The first-order chi connectivity index (χ1) is 15.1. The average molecular weight is 416 g/mol. The first kappa shape index (κ1) is 20.5. The second kappa shape index (κ2) is 7.94. The first-order valence-corrected chi connectivity index (χ1v) is 11.8. The first-order valence-electron chi connectivity index (χ1n) is 11.8. The van der Waals surface area contributed by atoms with Gasteiger partial charge in [-0.25, -0.2) is 0 Å². The van der Waals surface area contributed by atoms with Gasteiger partial charge in [0.25, 0.3) is 0 Å². The second-order valence-corrected chi connectivity index (χ2v) is 9.57. The number of likely N-dealkylation sites (tertiary alicyclic amines) is 1. The third-order valence-electron chi connectivity index (χ3n) is 8.00. The zero-order chi connectivity index (χ0) is 21.6. The number of hydrogen-bond acceptors (Lipinski definition) is 3. The zero-order valence-electron chi connectivity index (χ0n) is 18.8. The largest absolute Gasteiger partial charge is 0.383 e. The van der Waals surface area contributed by atoms with Crippen LogP contribution in [-0.4, -0.2) is 37.0 Å². The van der Waals surface area contributed by atoms with Crippen LogP contribution in [0.4, 0.5) is 0 Å². The Balaban J connectivity index is 1.66. The van der Waals surface area contributed by atoms with Crippen molar-refractivity contribution in [3.63, 3.8) is 0 Å². The van der Waals surface area contributed by atoms with E-state index in [-0.39, 0.29) is 11.2 Å². The molecule has 1 saturated heterocycles. The van der Waals surface area contributed by atoms with Crippen molar-refractivity contribution < 1.29 is 9.53 Å². The number of ether oxygens (including phenoxy) is 1. The van der Waals surface area contributed by atoms with E-state index in [0.29, 0.717) is 12.0 Å². The van der Waals surface area contributed by atoms with Gasteiger partial charge in [0, 0.05) is 36.3 Å². The van der Waals surface area contributed by atoms with Crippen LogP contribution in [0.1, 0.15) is 51.0 Å². The number of carbonyl (C=O) groups is 1. The number of benzene rings is 1. The molecule has 0 radical (unpaired) electrons. The van der Waals surface area contributed by atoms with Crippen LogP contribution in [0.3, 0.4) is 0 Å². The van der Waals surface area contributed by atoms with E-state index in [0.717, 1.165) is 41.9 Å². The second-order valence-electron chi connectivity index (χ2n) is 9.57. The minimum Gasteiger partial charge on any atom is -0.383 e. The number of hydrogen-bond donors (Lipinski definition) is 0. The maximum Gasteiger partial charge on any atom is 0.160 e. The molecule has 0 aromatic heterocycles. The Morgan fingerprint density at radius 1 is 1.16 bits per heavy atom. The Kier molecular flexibility index (Phi) is 5.26. The molecule has 1 aromatic rings. The van der Waals surface area contributed by atoms with Crippen molar-refractivity contribution in [1.29, 1.82) is 0 Å². The smallest absolute Gasteiger partial charge is 0.160 e. The number of ketones is 1. The van der Waals surface area contributed by atoms with Crippen molar-refractivity contribution in [2.45, 2.75) is 51.5 Å². The topological polar surface area (TPSA) is 29.5 Å². The van der Waals surface area contributed by atoms with Gasteiger partial charge >= 0.3 is 0 Å². The summed E-state index contributed by atoms with van der Waals surface area (Å²) in [6.07, 6.45) is 11.9. The van der Waals surface area contributed by atoms with Crippen molar-refractivity contribution >= 4 is 11.4 Å². The summed E-state index contributed by atoms with van der Waals surface area (Å²) in [5, 5.41) is 0. The van der Waals surface area contributed by atoms with Gasteiger partial charge in [0.2, 0.25) is 0 Å². The third kappa shape index (κ3) is 3.09. The van der Waals surface area contributed by atoms with E-state index in [2.05, 4.69) is 35.8 Å². The van der Waals surface area contributed by atoms with Gasteiger partial charge < -0.3 is 9.64 Å². The number of carbonyl (C=O) groups excluding carboxylic acids is 1. The van der Waals surface area contributed by atoms with E-state index >= 15 is 0 Å². The lowest BCUT2D eigenvalue weighted by atomic mass is 9.57. The summed E-state index contributed by atoms with van der Waals surface area (Å²) in [4.78, 5) is 15.6. The highest BCUT2D eigenvalue weighted by Gasteiger charge is 2.55. The van der Waals surface area contributed by atoms with Crippen LogP contribution in [0, 0.1) is 11.3 Å². The number of Topliss-reactive ketones (excluding diaryl/α,β-unsaturated/α-hetero) is 1. The monoisotopic (exact) mass is 415 g/mol. The fraction of sp³-hybridized carbons (Fsp3) is 0.464. The molecule has 1 saturated carbocycles. The van der Waals surface area contributed by atoms with E-state index in [1.807, 2.05) is 18.2 Å². The maximum atomic E-state index is 12.9. The minimum atomic E-state index is -0.118. The van der Waals surface area contributed by atoms with Gasteiger partial charge in [0.1, 0.15) is 0 Å². The van der Waals surface area contributed by atoms with Crippen molar-refractivity contribution in [3.05, 3.63) is 77.0 Å². The molecule has 162 valence electrons. The number of allylic oxidation sites excluding steroid dienone is 7. The lowest BCUT2D eigenvalue weighted by molar-refractivity contribution is -0.113. The Morgan fingerprint density at radius 3 is 2.71 bits per heavy atom. The molecule has 1 aliphatic heterocycles. The van der Waals surface area contributed by atoms with Crippen molar-refractivity contribution in [3.8, 4) is 0 Å². The predicted octanol–water partition coefficient (Wildman–Crippen LogP) is 5.71. The fourth-order valence-corrected chi connectivity index (χ4v) is 6.70. The molecule has 0 amide bonds. The van der Waals surface area contributed by atoms with Gasteiger partial charge in [-0.05, 0) is 67.0 Å².